The molecule has 1 fully saturated rings. The number of hydrogen-bond acceptors (Lipinski definition) is 5. The zero-order valence-electron chi connectivity index (χ0n) is 18.8. The van der Waals surface area contributed by atoms with Gasteiger partial charge in [-0.2, -0.15) is 0 Å². The van der Waals surface area contributed by atoms with Gasteiger partial charge in [0.15, 0.2) is 0 Å². The lowest BCUT2D eigenvalue weighted by molar-refractivity contribution is -0.131. The highest BCUT2D eigenvalue weighted by molar-refractivity contribution is 8.14. The van der Waals surface area contributed by atoms with E-state index in [1.807, 2.05) is 61.5 Å². The summed E-state index contributed by atoms with van der Waals surface area (Å²) in [6.45, 7) is 4.69. The number of amides is 2. The van der Waals surface area contributed by atoms with Gasteiger partial charge >= 0.3 is 0 Å². The van der Waals surface area contributed by atoms with Crippen molar-refractivity contribution in [3.05, 3.63) is 76.2 Å². The van der Waals surface area contributed by atoms with Gasteiger partial charge in [-0.15, -0.1) is 11.8 Å². The number of thioether (sulfide) groups is 1. The van der Waals surface area contributed by atoms with Gasteiger partial charge in [-0.3, -0.25) is 9.59 Å². The second kappa shape index (κ2) is 12.1. The third-order valence-corrected chi connectivity index (χ3v) is 6.44. The van der Waals surface area contributed by atoms with Crippen LogP contribution in [0.25, 0.3) is 10.4 Å². The molecule has 0 bridgehead atoms. The van der Waals surface area contributed by atoms with Crippen LogP contribution in [0.15, 0.2) is 64.7 Å². The molecule has 2 aliphatic heterocycles. The molecular formula is C24H28N6O2S. The summed E-state index contributed by atoms with van der Waals surface area (Å²) in [5.41, 5.74) is 11.5. The van der Waals surface area contributed by atoms with Crippen LogP contribution in [0.3, 0.4) is 0 Å². The van der Waals surface area contributed by atoms with Gasteiger partial charge in [0.2, 0.25) is 12.3 Å². The summed E-state index contributed by atoms with van der Waals surface area (Å²) in [5.74, 6) is 0.875. The molecule has 172 valence electrons. The Kier molecular flexibility index (Phi) is 8.92. The first kappa shape index (κ1) is 24.4. The van der Waals surface area contributed by atoms with Crippen LogP contribution in [-0.4, -0.2) is 40.6 Å². The van der Waals surface area contributed by atoms with Gasteiger partial charge in [0, 0.05) is 11.5 Å². The van der Waals surface area contributed by atoms with Gasteiger partial charge in [0.1, 0.15) is 12.1 Å². The topological polar surface area (TPSA) is 111 Å². The van der Waals surface area contributed by atoms with Gasteiger partial charge < -0.3 is 10.2 Å². The van der Waals surface area contributed by atoms with Crippen LogP contribution in [-0.2, 0) is 9.59 Å². The molecule has 2 heterocycles. The van der Waals surface area contributed by atoms with Crippen molar-refractivity contribution in [1.29, 1.82) is 0 Å². The molecule has 1 saturated heterocycles. The largest absolute Gasteiger partial charge is 0.348 e. The predicted octanol–water partition coefficient (Wildman–Crippen LogP) is 5.32. The summed E-state index contributed by atoms with van der Waals surface area (Å²) < 4.78 is 0. The van der Waals surface area contributed by atoms with E-state index in [1.54, 1.807) is 16.7 Å². The minimum absolute atomic E-state index is 0.0344. The molecule has 8 nitrogen and oxygen atoms in total. The molecule has 4 rings (SSSR count). The molecule has 0 saturated carbocycles. The third-order valence-electron chi connectivity index (χ3n) is 5.55. The number of likely N-dealkylation sites (tertiary alicyclic amines) is 1. The maximum atomic E-state index is 12.1. The number of para-hydroxylation sites is 1. The van der Waals surface area contributed by atoms with Crippen molar-refractivity contribution < 1.29 is 9.59 Å². The zero-order valence-corrected chi connectivity index (χ0v) is 19.6. The standard InChI is InChI=1S/C14H18N2O2.C10H10N4S/c1-11(12-6-3-2-4-7-12)15-14(18)13-8-5-9-16(13)10-17;1-2-15-10-9(13-14-11)7-5-3-4-6-8(7)12-10/h2-4,6-7,10-11,13H,5,8-9H2,1H3,(H,15,18);3-6,9H,2H2,1H3/t11-,13-;/m0./s1. The average molecular weight is 465 g/mol. The summed E-state index contributed by atoms with van der Waals surface area (Å²) in [6, 6.07) is 17.0. The Hall–Kier alpha value is -3.29. The number of carbonyl (C=O) groups is 2. The molecule has 0 radical (unpaired) electrons. The highest BCUT2D eigenvalue weighted by Crippen LogP contribution is 2.39. The van der Waals surface area contributed by atoms with Crippen molar-refractivity contribution in [3.8, 4) is 0 Å². The highest BCUT2D eigenvalue weighted by atomic mass is 32.2. The second-order valence-electron chi connectivity index (χ2n) is 7.69. The van der Waals surface area contributed by atoms with Crippen molar-refractivity contribution >= 4 is 34.8 Å². The van der Waals surface area contributed by atoms with Crippen molar-refractivity contribution in [3.63, 3.8) is 0 Å². The normalized spacial score (nSPS) is 19.3. The summed E-state index contributed by atoms with van der Waals surface area (Å²) in [6.07, 6.45) is 2.42. The molecule has 0 aromatic heterocycles. The van der Waals surface area contributed by atoms with E-state index in [-0.39, 0.29) is 24.0 Å². The first-order chi connectivity index (χ1) is 16.1. The number of benzene rings is 2. The number of fused-ring (bicyclic) bond motifs is 1. The van der Waals surface area contributed by atoms with Crippen molar-refractivity contribution in [1.82, 2.24) is 10.2 Å². The van der Waals surface area contributed by atoms with Crippen LogP contribution < -0.4 is 5.32 Å². The van der Waals surface area contributed by atoms with Gasteiger partial charge in [-0.25, -0.2) is 4.99 Å². The van der Waals surface area contributed by atoms with Crippen LogP contribution >= 0.6 is 11.8 Å². The molecule has 2 aromatic carbocycles. The van der Waals surface area contributed by atoms with E-state index >= 15 is 0 Å². The smallest absolute Gasteiger partial charge is 0.243 e. The molecule has 0 aliphatic carbocycles. The Bertz CT molecular complexity index is 1040. The fourth-order valence-corrected chi connectivity index (χ4v) is 4.68. The summed E-state index contributed by atoms with van der Waals surface area (Å²) in [4.78, 5) is 31.8. The van der Waals surface area contributed by atoms with Crippen LogP contribution in [0, 0.1) is 0 Å². The van der Waals surface area contributed by atoms with E-state index in [0.29, 0.717) is 6.54 Å². The summed E-state index contributed by atoms with van der Waals surface area (Å²) in [7, 11) is 0. The minimum atomic E-state index is -0.298. The summed E-state index contributed by atoms with van der Waals surface area (Å²) in [5, 5.41) is 7.66. The number of nitrogens with zero attached hydrogens (tertiary/aromatic N) is 5. The van der Waals surface area contributed by atoms with E-state index in [4.69, 9.17) is 5.53 Å². The first-order valence-corrected chi connectivity index (χ1v) is 12.0. The predicted molar refractivity (Wildman–Crippen MR) is 132 cm³/mol. The van der Waals surface area contributed by atoms with E-state index in [2.05, 4.69) is 27.3 Å². The molecule has 1 unspecified atom stereocenters. The Morgan fingerprint density at radius 2 is 2.03 bits per heavy atom. The van der Waals surface area contributed by atoms with Gasteiger partial charge in [0.25, 0.3) is 0 Å². The molecule has 2 amide bonds. The lowest BCUT2D eigenvalue weighted by Crippen LogP contribution is -2.43. The molecule has 33 heavy (non-hydrogen) atoms. The first-order valence-electron chi connectivity index (χ1n) is 11.0. The van der Waals surface area contributed by atoms with E-state index in [0.717, 1.165) is 46.9 Å². The molecule has 9 heteroatoms. The molecule has 2 aromatic rings. The second-order valence-corrected chi connectivity index (χ2v) is 8.98. The van der Waals surface area contributed by atoms with Crippen LogP contribution in [0.5, 0.6) is 0 Å². The van der Waals surface area contributed by atoms with Crippen molar-refractivity contribution in [2.24, 2.45) is 10.1 Å². The third kappa shape index (κ3) is 6.15. The van der Waals surface area contributed by atoms with E-state index < -0.39 is 0 Å². The zero-order chi connectivity index (χ0) is 23.6. The number of nitrogens with one attached hydrogen (secondary N) is 1. The van der Waals surface area contributed by atoms with E-state index in [9.17, 15) is 9.59 Å². The number of hydrogen-bond donors (Lipinski definition) is 1. The number of aliphatic imine (C=N–C) groups is 1. The number of rotatable bonds is 6. The quantitative estimate of drug-likeness (QED) is 0.270. The van der Waals surface area contributed by atoms with Crippen LogP contribution in [0.2, 0.25) is 0 Å². The van der Waals surface area contributed by atoms with Gasteiger partial charge in [0.05, 0.1) is 16.8 Å². The fourth-order valence-electron chi connectivity index (χ4n) is 3.89. The molecular weight excluding hydrogens is 436 g/mol. The molecule has 3 atom stereocenters. The monoisotopic (exact) mass is 464 g/mol. The van der Waals surface area contributed by atoms with E-state index in [1.165, 1.54) is 0 Å². The van der Waals surface area contributed by atoms with Crippen LogP contribution in [0.1, 0.15) is 49.9 Å². The Balaban J connectivity index is 0.000000189. The maximum absolute atomic E-state index is 12.1. The van der Waals surface area contributed by atoms with Crippen molar-refractivity contribution in [2.45, 2.75) is 44.8 Å². The lowest BCUT2D eigenvalue weighted by atomic mass is 10.1. The van der Waals surface area contributed by atoms with Crippen molar-refractivity contribution in [2.75, 3.05) is 12.3 Å². The average Bonchev–Trinajstić information content (AvgIpc) is 3.46. The Morgan fingerprint density at radius 3 is 2.73 bits per heavy atom. The molecule has 2 aliphatic rings. The highest BCUT2D eigenvalue weighted by Gasteiger charge is 2.30. The van der Waals surface area contributed by atoms with Crippen LogP contribution in [0.4, 0.5) is 5.69 Å². The molecule has 1 N–H and O–H groups in total. The summed E-state index contributed by atoms with van der Waals surface area (Å²) >= 11 is 1.63. The lowest BCUT2D eigenvalue weighted by Gasteiger charge is -2.22. The number of carbonyl (C=O) groups excluding carboxylic acids is 2. The minimum Gasteiger partial charge on any atom is -0.348 e. The van der Waals surface area contributed by atoms with Gasteiger partial charge in [-0.05, 0) is 48.2 Å². The Morgan fingerprint density at radius 1 is 1.30 bits per heavy atom. The fraction of sp³-hybridized carbons (Fsp3) is 0.375. The Labute approximate surface area is 198 Å². The SMILES string of the molecule is CCSC1=Nc2ccccc2C1N=[N+]=[N-].C[C@H](NC(=O)[C@@H]1CCCN1C=O)c1ccccc1. The maximum Gasteiger partial charge on any atom is 0.243 e. The van der Waals surface area contributed by atoms with Gasteiger partial charge in [-0.1, -0.05) is 60.6 Å². The molecule has 0 spiro atoms. The number of azide groups is 1.